The Kier molecular flexibility index (Phi) is 6.66. The number of anilines is 1. The van der Waals surface area contributed by atoms with Gasteiger partial charge in [0.15, 0.2) is 0 Å². The number of halogens is 4. The number of hydrogen-bond acceptors (Lipinski definition) is 4. The Labute approximate surface area is 128 Å². The molecule has 1 aromatic carbocycles. The third-order valence-electron chi connectivity index (χ3n) is 2.32. The van der Waals surface area contributed by atoms with E-state index < -0.39 is 35.1 Å². The van der Waals surface area contributed by atoms with E-state index in [2.05, 4.69) is 10.1 Å². The zero-order chi connectivity index (χ0) is 16.8. The van der Waals surface area contributed by atoms with E-state index in [1.54, 1.807) is 6.92 Å². The van der Waals surface area contributed by atoms with Gasteiger partial charge in [0.25, 0.3) is 0 Å². The Balaban J connectivity index is 2.63. The number of rotatable bonds is 6. The molecule has 0 heterocycles. The van der Waals surface area contributed by atoms with Gasteiger partial charge < -0.3 is 10.1 Å². The van der Waals surface area contributed by atoms with Gasteiger partial charge in [-0.15, -0.1) is 11.8 Å². The van der Waals surface area contributed by atoms with Crippen molar-refractivity contribution in [3.8, 4) is 0 Å². The van der Waals surface area contributed by atoms with Gasteiger partial charge in [-0.2, -0.15) is 13.2 Å². The van der Waals surface area contributed by atoms with E-state index in [1.165, 1.54) is 0 Å². The quantitative estimate of drug-likeness (QED) is 0.639. The van der Waals surface area contributed by atoms with Crippen LogP contribution in [0.5, 0.6) is 0 Å². The fourth-order valence-corrected chi connectivity index (χ4v) is 2.09. The van der Waals surface area contributed by atoms with Crippen LogP contribution in [0.1, 0.15) is 12.5 Å². The van der Waals surface area contributed by atoms with E-state index in [4.69, 9.17) is 0 Å². The second-order valence-electron chi connectivity index (χ2n) is 4.03. The van der Waals surface area contributed by atoms with Crippen LogP contribution < -0.4 is 5.32 Å². The minimum absolute atomic E-state index is 0.0865. The van der Waals surface area contributed by atoms with Gasteiger partial charge in [0.1, 0.15) is 5.82 Å². The fourth-order valence-electron chi connectivity index (χ4n) is 1.48. The molecule has 0 bridgehead atoms. The van der Waals surface area contributed by atoms with E-state index >= 15 is 0 Å². The molecule has 0 aliphatic carbocycles. The number of thioether (sulfide) groups is 1. The van der Waals surface area contributed by atoms with Gasteiger partial charge in [-0.25, -0.2) is 4.39 Å². The van der Waals surface area contributed by atoms with Gasteiger partial charge in [0.2, 0.25) is 5.91 Å². The molecular formula is C13H13F4NO3S. The van der Waals surface area contributed by atoms with Crippen molar-refractivity contribution in [1.82, 2.24) is 0 Å². The van der Waals surface area contributed by atoms with Gasteiger partial charge in [-0.3, -0.25) is 9.59 Å². The van der Waals surface area contributed by atoms with E-state index in [-0.39, 0.29) is 18.1 Å². The highest BCUT2D eigenvalue weighted by atomic mass is 32.2. The first kappa shape index (κ1) is 18.3. The predicted molar refractivity (Wildman–Crippen MR) is 74.0 cm³/mol. The van der Waals surface area contributed by atoms with E-state index in [9.17, 15) is 27.2 Å². The normalized spacial score (nSPS) is 11.1. The van der Waals surface area contributed by atoms with Crippen molar-refractivity contribution in [2.45, 2.75) is 13.1 Å². The molecule has 0 spiro atoms. The average Bonchev–Trinajstić information content (AvgIpc) is 2.40. The van der Waals surface area contributed by atoms with Crippen molar-refractivity contribution in [1.29, 1.82) is 0 Å². The molecular weight excluding hydrogens is 326 g/mol. The fraction of sp³-hybridized carbons (Fsp3) is 0.385. The Morgan fingerprint density at radius 2 is 1.95 bits per heavy atom. The molecule has 0 saturated heterocycles. The molecule has 0 unspecified atom stereocenters. The van der Waals surface area contributed by atoms with Gasteiger partial charge in [-0.1, -0.05) is 0 Å². The number of alkyl halides is 3. The minimum atomic E-state index is -4.79. The van der Waals surface area contributed by atoms with E-state index in [1.807, 2.05) is 0 Å². The van der Waals surface area contributed by atoms with Crippen LogP contribution in [-0.4, -0.2) is 30.0 Å². The Morgan fingerprint density at radius 1 is 1.27 bits per heavy atom. The highest BCUT2D eigenvalue weighted by Gasteiger charge is 2.34. The zero-order valence-corrected chi connectivity index (χ0v) is 12.3. The van der Waals surface area contributed by atoms with Crippen molar-refractivity contribution in [3.05, 3.63) is 29.6 Å². The number of esters is 1. The summed E-state index contributed by atoms with van der Waals surface area (Å²) in [5, 5.41) is 2.05. The second kappa shape index (κ2) is 8.02. The molecule has 0 atom stereocenters. The molecule has 0 aliphatic rings. The minimum Gasteiger partial charge on any atom is -0.465 e. The van der Waals surface area contributed by atoms with Crippen LogP contribution in [0.15, 0.2) is 18.2 Å². The van der Waals surface area contributed by atoms with Crippen molar-refractivity contribution in [2.75, 3.05) is 23.4 Å². The second-order valence-corrected chi connectivity index (χ2v) is 5.02. The van der Waals surface area contributed by atoms with Gasteiger partial charge >= 0.3 is 12.1 Å². The molecule has 1 amide bonds. The molecule has 4 nitrogen and oxygen atoms in total. The van der Waals surface area contributed by atoms with Crippen LogP contribution in [0.4, 0.5) is 23.2 Å². The number of amides is 1. The maximum atomic E-state index is 12.9. The molecule has 0 saturated carbocycles. The molecule has 122 valence electrons. The third kappa shape index (κ3) is 5.92. The lowest BCUT2D eigenvalue weighted by atomic mass is 10.1. The molecule has 1 rings (SSSR count). The molecule has 9 heteroatoms. The Bertz CT molecular complexity index is 549. The van der Waals surface area contributed by atoms with Crippen LogP contribution >= 0.6 is 11.8 Å². The Hall–Kier alpha value is -1.77. The smallest absolute Gasteiger partial charge is 0.418 e. The summed E-state index contributed by atoms with van der Waals surface area (Å²) in [7, 11) is 0. The van der Waals surface area contributed by atoms with Crippen LogP contribution in [0.25, 0.3) is 0 Å². The number of hydrogen-bond donors (Lipinski definition) is 1. The summed E-state index contributed by atoms with van der Waals surface area (Å²) in [6.45, 7) is 1.83. The molecule has 0 aromatic heterocycles. The third-order valence-corrected chi connectivity index (χ3v) is 3.23. The van der Waals surface area contributed by atoms with Crippen LogP contribution in [0, 0.1) is 5.82 Å². The summed E-state index contributed by atoms with van der Waals surface area (Å²) >= 11 is 0.903. The highest BCUT2D eigenvalue weighted by Crippen LogP contribution is 2.35. The summed E-state index contributed by atoms with van der Waals surface area (Å²) in [6, 6.07) is 1.96. The molecule has 0 fully saturated rings. The highest BCUT2D eigenvalue weighted by molar-refractivity contribution is 8.00. The van der Waals surface area contributed by atoms with E-state index in [0.717, 1.165) is 23.9 Å². The largest absolute Gasteiger partial charge is 0.465 e. The van der Waals surface area contributed by atoms with Crippen molar-refractivity contribution in [3.63, 3.8) is 0 Å². The number of benzene rings is 1. The lowest BCUT2D eigenvalue weighted by molar-refractivity contribution is -0.140. The molecule has 1 N–H and O–H groups in total. The molecule has 22 heavy (non-hydrogen) atoms. The van der Waals surface area contributed by atoms with Gasteiger partial charge in [0, 0.05) is 0 Å². The van der Waals surface area contributed by atoms with Crippen molar-refractivity contribution < 1.29 is 31.9 Å². The monoisotopic (exact) mass is 339 g/mol. The first-order valence-electron chi connectivity index (χ1n) is 6.14. The zero-order valence-electron chi connectivity index (χ0n) is 11.5. The van der Waals surface area contributed by atoms with Gasteiger partial charge in [0.05, 0.1) is 29.4 Å². The van der Waals surface area contributed by atoms with Crippen LogP contribution in [0.3, 0.4) is 0 Å². The maximum Gasteiger partial charge on any atom is 0.418 e. The summed E-state index contributed by atoms with van der Waals surface area (Å²) in [6.07, 6.45) is -4.79. The Morgan fingerprint density at radius 3 is 2.55 bits per heavy atom. The molecule has 0 aliphatic heterocycles. The predicted octanol–water partition coefficient (Wildman–Crippen LogP) is 3.08. The SMILES string of the molecule is CCOC(=O)CSCC(=O)Nc1ccc(F)cc1C(F)(F)F. The number of nitrogens with one attached hydrogen (secondary N) is 1. The van der Waals surface area contributed by atoms with Crippen molar-refractivity contribution in [2.24, 2.45) is 0 Å². The number of carbonyl (C=O) groups is 2. The summed E-state index contributed by atoms with van der Waals surface area (Å²) < 4.78 is 55.8. The summed E-state index contributed by atoms with van der Waals surface area (Å²) in [4.78, 5) is 22.6. The lowest BCUT2D eigenvalue weighted by Gasteiger charge is -2.13. The van der Waals surface area contributed by atoms with Crippen molar-refractivity contribution >= 4 is 29.3 Å². The first-order valence-corrected chi connectivity index (χ1v) is 7.29. The average molecular weight is 339 g/mol. The standard InChI is InChI=1S/C13H13F4NO3S/c1-2-21-12(20)7-22-6-11(19)18-10-4-3-8(14)5-9(10)13(15,16)17/h3-5H,2,6-7H2,1H3,(H,18,19). The summed E-state index contributed by atoms with van der Waals surface area (Å²) in [5.74, 6) is -2.61. The maximum absolute atomic E-state index is 12.9. The van der Waals surface area contributed by atoms with Crippen LogP contribution in [-0.2, 0) is 20.5 Å². The van der Waals surface area contributed by atoms with Crippen LogP contribution in [0.2, 0.25) is 0 Å². The number of ether oxygens (including phenoxy) is 1. The topological polar surface area (TPSA) is 55.4 Å². The summed E-state index contributed by atoms with van der Waals surface area (Å²) in [5.41, 5.74) is -1.80. The van der Waals surface area contributed by atoms with Gasteiger partial charge in [-0.05, 0) is 25.1 Å². The van der Waals surface area contributed by atoms with E-state index in [0.29, 0.717) is 6.07 Å². The lowest BCUT2D eigenvalue weighted by Crippen LogP contribution is -2.19. The number of carbonyl (C=O) groups excluding carboxylic acids is 2. The molecule has 1 aromatic rings. The molecule has 0 radical (unpaired) electrons. The first-order chi connectivity index (χ1) is 10.2.